The first-order valence-electron chi connectivity index (χ1n) is 4.80. The van der Waals surface area contributed by atoms with Gasteiger partial charge in [0.05, 0.1) is 10.6 Å². The van der Waals surface area contributed by atoms with Crippen molar-refractivity contribution in [3.05, 3.63) is 50.1 Å². The highest BCUT2D eigenvalue weighted by atomic mass is 35.5. The molecule has 0 radical (unpaired) electrons. The molecular formula is C12H8Cl2O2S. The number of benzene rings is 1. The van der Waals surface area contributed by atoms with Gasteiger partial charge in [-0.3, -0.25) is 4.79 Å². The van der Waals surface area contributed by atoms with Crippen molar-refractivity contribution in [3.63, 3.8) is 0 Å². The third-order valence-electron chi connectivity index (χ3n) is 2.10. The number of ether oxygens (including phenoxy) is 1. The second-order valence-corrected chi connectivity index (χ2v) is 5.17. The number of carbonyl (C=O) groups is 1. The van der Waals surface area contributed by atoms with Crippen molar-refractivity contribution in [2.24, 2.45) is 0 Å². The maximum Gasteiger partial charge on any atom is 0.153 e. The van der Waals surface area contributed by atoms with Gasteiger partial charge in [-0.15, -0.1) is 11.3 Å². The summed E-state index contributed by atoms with van der Waals surface area (Å²) in [6.45, 7) is 0.389. The van der Waals surface area contributed by atoms with E-state index >= 15 is 0 Å². The summed E-state index contributed by atoms with van der Waals surface area (Å²) in [5, 5.41) is 2.72. The van der Waals surface area contributed by atoms with Crippen LogP contribution in [0.5, 0.6) is 5.75 Å². The van der Waals surface area contributed by atoms with E-state index in [4.69, 9.17) is 27.9 Å². The molecule has 5 heteroatoms. The molecular weight excluding hydrogens is 279 g/mol. The van der Waals surface area contributed by atoms with E-state index in [-0.39, 0.29) is 0 Å². The molecule has 0 saturated carbocycles. The van der Waals surface area contributed by atoms with Crippen molar-refractivity contribution in [1.82, 2.24) is 0 Å². The van der Waals surface area contributed by atoms with Gasteiger partial charge in [0.1, 0.15) is 12.4 Å². The van der Waals surface area contributed by atoms with Crippen LogP contribution in [-0.2, 0) is 6.61 Å². The van der Waals surface area contributed by atoms with E-state index in [1.165, 1.54) is 6.07 Å². The highest BCUT2D eigenvalue weighted by Crippen LogP contribution is 2.32. The molecule has 0 atom stereocenters. The van der Waals surface area contributed by atoms with Crippen LogP contribution in [0.4, 0.5) is 0 Å². The van der Waals surface area contributed by atoms with Gasteiger partial charge in [0.2, 0.25) is 0 Å². The van der Waals surface area contributed by atoms with Crippen LogP contribution >= 0.6 is 34.5 Å². The first kappa shape index (κ1) is 12.4. The van der Waals surface area contributed by atoms with E-state index in [9.17, 15) is 4.79 Å². The molecule has 0 bridgehead atoms. The minimum atomic E-state index is 0.344. The molecule has 0 spiro atoms. The Bertz CT molecular complexity index is 524. The fourth-order valence-electron chi connectivity index (χ4n) is 1.36. The van der Waals surface area contributed by atoms with Gasteiger partial charge in [0.25, 0.3) is 0 Å². The summed E-state index contributed by atoms with van der Waals surface area (Å²) in [4.78, 5) is 12.0. The van der Waals surface area contributed by atoms with Crippen molar-refractivity contribution in [2.45, 2.75) is 6.61 Å². The summed E-state index contributed by atoms with van der Waals surface area (Å²) in [5.74, 6) is 0.375. The Labute approximate surface area is 113 Å². The standard InChI is InChI=1S/C12H8Cl2O2S/c13-9-4-8(6-15)12(11(14)5-9)16-7-10-2-1-3-17-10/h1-6H,7H2. The van der Waals surface area contributed by atoms with Crippen LogP contribution in [0.15, 0.2) is 29.6 Å². The van der Waals surface area contributed by atoms with Gasteiger partial charge in [-0.05, 0) is 23.6 Å². The van der Waals surface area contributed by atoms with Gasteiger partial charge >= 0.3 is 0 Å². The Morgan fingerprint density at radius 1 is 1.35 bits per heavy atom. The molecule has 2 nitrogen and oxygen atoms in total. The molecule has 0 N–H and O–H groups in total. The van der Waals surface area contributed by atoms with Crippen molar-refractivity contribution in [3.8, 4) is 5.75 Å². The zero-order chi connectivity index (χ0) is 12.3. The van der Waals surface area contributed by atoms with Crippen LogP contribution in [0.1, 0.15) is 15.2 Å². The predicted molar refractivity (Wildman–Crippen MR) is 70.5 cm³/mol. The largest absolute Gasteiger partial charge is 0.486 e. The van der Waals surface area contributed by atoms with Crippen molar-refractivity contribution in [2.75, 3.05) is 0 Å². The Morgan fingerprint density at radius 3 is 2.82 bits per heavy atom. The Balaban J connectivity index is 2.22. The van der Waals surface area contributed by atoms with Crippen molar-refractivity contribution < 1.29 is 9.53 Å². The lowest BCUT2D eigenvalue weighted by molar-refractivity contribution is 0.111. The fraction of sp³-hybridized carbons (Fsp3) is 0.0833. The molecule has 88 valence electrons. The quantitative estimate of drug-likeness (QED) is 0.777. The van der Waals surface area contributed by atoms with Gasteiger partial charge in [0.15, 0.2) is 6.29 Å². The van der Waals surface area contributed by atoms with Crippen LogP contribution < -0.4 is 4.74 Å². The molecule has 2 rings (SSSR count). The van der Waals surface area contributed by atoms with Crippen LogP contribution in [0.3, 0.4) is 0 Å². The Morgan fingerprint density at radius 2 is 2.18 bits per heavy atom. The number of aldehydes is 1. The minimum absolute atomic E-state index is 0.344. The van der Waals surface area contributed by atoms with E-state index in [0.29, 0.717) is 34.3 Å². The summed E-state index contributed by atoms with van der Waals surface area (Å²) in [6, 6.07) is 6.98. The van der Waals surface area contributed by atoms with E-state index in [1.54, 1.807) is 17.4 Å². The second kappa shape index (κ2) is 5.54. The molecule has 1 aromatic heterocycles. The fourth-order valence-corrected chi connectivity index (χ4v) is 2.54. The number of thiophene rings is 1. The zero-order valence-corrected chi connectivity index (χ0v) is 11.0. The third kappa shape index (κ3) is 3.00. The van der Waals surface area contributed by atoms with E-state index in [0.717, 1.165) is 4.88 Å². The highest BCUT2D eigenvalue weighted by Gasteiger charge is 2.10. The molecule has 0 saturated heterocycles. The molecule has 2 aromatic rings. The lowest BCUT2D eigenvalue weighted by Crippen LogP contribution is -1.97. The summed E-state index contributed by atoms with van der Waals surface area (Å²) in [5.41, 5.74) is 0.360. The number of carbonyl (C=O) groups excluding carboxylic acids is 1. The zero-order valence-electron chi connectivity index (χ0n) is 8.65. The Kier molecular flexibility index (Phi) is 4.05. The van der Waals surface area contributed by atoms with E-state index in [1.807, 2.05) is 17.5 Å². The van der Waals surface area contributed by atoms with Crippen LogP contribution in [0.25, 0.3) is 0 Å². The summed E-state index contributed by atoms with van der Waals surface area (Å²) in [7, 11) is 0. The monoisotopic (exact) mass is 286 g/mol. The second-order valence-electron chi connectivity index (χ2n) is 3.29. The molecule has 0 aliphatic rings. The van der Waals surface area contributed by atoms with Crippen LogP contribution in [0.2, 0.25) is 10.0 Å². The average molecular weight is 287 g/mol. The molecule has 0 unspecified atom stereocenters. The van der Waals surface area contributed by atoms with Gasteiger partial charge < -0.3 is 4.74 Å². The number of rotatable bonds is 4. The predicted octanol–water partition coefficient (Wildman–Crippen LogP) is 4.45. The molecule has 0 aliphatic carbocycles. The third-order valence-corrected chi connectivity index (χ3v) is 3.45. The van der Waals surface area contributed by atoms with Gasteiger partial charge in [-0.1, -0.05) is 29.3 Å². The van der Waals surface area contributed by atoms with Crippen LogP contribution in [-0.4, -0.2) is 6.29 Å². The van der Waals surface area contributed by atoms with Gasteiger partial charge in [-0.2, -0.15) is 0 Å². The minimum Gasteiger partial charge on any atom is -0.486 e. The molecule has 17 heavy (non-hydrogen) atoms. The van der Waals surface area contributed by atoms with Gasteiger partial charge in [-0.25, -0.2) is 0 Å². The van der Waals surface area contributed by atoms with E-state index < -0.39 is 0 Å². The summed E-state index contributed by atoms with van der Waals surface area (Å²) in [6.07, 6.45) is 0.682. The summed E-state index contributed by atoms with van der Waals surface area (Å²) < 4.78 is 5.55. The normalized spacial score (nSPS) is 10.2. The number of hydrogen-bond acceptors (Lipinski definition) is 3. The van der Waals surface area contributed by atoms with E-state index in [2.05, 4.69) is 0 Å². The molecule has 1 aromatic carbocycles. The molecule has 0 amide bonds. The number of hydrogen-bond donors (Lipinski definition) is 0. The van der Waals surface area contributed by atoms with Crippen LogP contribution in [0, 0.1) is 0 Å². The summed E-state index contributed by atoms with van der Waals surface area (Å²) >= 11 is 13.4. The molecule has 0 aliphatic heterocycles. The van der Waals surface area contributed by atoms with Gasteiger partial charge in [0, 0.05) is 9.90 Å². The topological polar surface area (TPSA) is 26.3 Å². The average Bonchev–Trinajstić information content (AvgIpc) is 2.79. The molecule has 0 fully saturated rings. The Hall–Kier alpha value is -1.03. The lowest BCUT2D eigenvalue weighted by Gasteiger charge is -2.09. The first-order valence-corrected chi connectivity index (χ1v) is 6.43. The lowest BCUT2D eigenvalue weighted by atomic mass is 10.2. The number of halogens is 2. The smallest absolute Gasteiger partial charge is 0.153 e. The SMILES string of the molecule is O=Cc1cc(Cl)cc(Cl)c1OCc1cccs1. The first-order chi connectivity index (χ1) is 8.20. The van der Waals surface area contributed by atoms with Crippen molar-refractivity contribution in [1.29, 1.82) is 0 Å². The highest BCUT2D eigenvalue weighted by molar-refractivity contribution is 7.09. The maximum absolute atomic E-state index is 10.9. The maximum atomic E-state index is 10.9. The van der Waals surface area contributed by atoms with Crippen molar-refractivity contribution >= 4 is 40.8 Å². The molecule has 1 heterocycles.